The van der Waals surface area contributed by atoms with Crippen LogP contribution in [0.5, 0.6) is 0 Å². The highest BCUT2D eigenvalue weighted by atomic mass is 19.1. The average Bonchev–Trinajstić information content (AvgIpc) is 2.41. The van der Waals surface area contributed by atoms with E-state index in [9.17, 15) is 4.39 Å². The Bertz CT molecular complexity index is 381. The zero-order valence-electron chi connectivity index (χ0n) is 11.3. The first-order chi connectivity index (χ1) is 8.70. The van der Waals surface area contributed by atoms with E-state index in [0.29, 0.717) is 12.0 Å². The van der Waals surface area contributed by atoms with E-state index in [1.807, 2.05) is 12.1 Å². The Morgan fingerprint density at radius 2 is 2.22 bits per heavy atom. The first-order valence-electron chi connectivity index (χ1n) is 6.90. The van der Waals surface area contributed by atoms with Crippen molar-refractivity contribution in [2.75, 3.05) is 19.6 Å². The molecule has 0 amide bonds. The Balaban J connectivity index is 1.96. The number of hydrogen-bond acceptors (Lipinski definition) is 2. The van der Waals surface area contributed by atoms with Gasteiger partial charge >= 0.3 is 0 Å². The molecule has 1 N–H and O–H groups in total. The molecular weight excluding hydrogens is 227 g/mol. The monoisotopic (exact) mass is 250 g/mol. The maximum atomic E-state index is 13.6. The molecule has 1 saturated heterocycles. The smallest absolute Gasteiger partial charge is 0.127 e. The van der Waals surface area contributed by atoms with Gasteiger partial charge in [-0.3, -0.25) is 4.90 Å². The van der Waals surface area contributed by atoms with Crippen LogP contribution in [0.2, 0.25) is 0 Å². The number of hydrogen-bond donors (Lipinski definition) is 1. The predicted molar refractivity (Wildman–Crippen MR) is 72.9 cm³/mol. The van der Waals surface area contributed by atoms with Gasteiger partial charge in [-0.15, -0.1) is 0 Å². The van der Waals surface area contributed by atoms with Crippen molar-refractivity contribution >= 4 is 0 Å². The van der Waals surface area contributed by atoms with Crippen LogP contribution in [-0.2, 0) is 6.54 Å². The summed E-state index contributed by atoms with van der Waals surface area (Å²) in [6, 6.07) is 7.63. The Morgan fingerprint density at radius 1 is 1.44 bits per heavy atom. The van der Waals surface area contributed by atoms with Crippen LogP contribution < -0.4 is 5.32 Å². The highest BCUT2D eigenvalue weighted by Gasteiger charge is 2.23. The number of piperazine rings is 1. The molecule has 0 radical (unpaired) electrons. The van der Waals surface area contributed by atoms with Gasteiger partial charge in [-0.25, -0.2) is 4.39 Å². The van der Waals surface area contributed by atoms with Gasteiger partial charge in [0.15, 0.2) is 0 Å². The molecule has 18 heavy (non-hydrogen) atoms. The van der Waals surface area contributed by atoms with E-state index in [1.165, 1.54) is 6.42 Å². The third-order valence-corrected chi connectivity index (χ3v) is 3.97. The lowest BCUT2D eigenvalue weighted by atomic mass is 9.97. The molecule has 0 bridgehead atoms. The van der Waals surface area contributed by atoms with Crippen molar-refractivity contribution < 1.29 is 4.39 Å². The van der Waals surface area contributed by atoms with Gasteiger partial charge in [0.1, 0.15) is 5.82 Å². The van der Waals surface area contributed by atoms with Crippen LogP contribution in [0.1, 0.15) is 25.8 Å². The van der Waals surface area contributed by atoms with E-state index < -0.39 is 0 Å². The Kier molecular flexibility index (Phi) is 4.72. The van der Waals surface area contributed by atoms with Crippen LogP contribution in [0.15, 0.2) is 24.3 Å². The summed E-state index contributed by atoms with van der Waals surface area (Å²) in [4.78, 5) is 2.35. The topological polar surface area (TPSA) is 15.3 Å². The SMILES string of the molecule is CCC(C)C1CN(Cc2ccccc2F)CCN1. The standard InChI is InChI=1S/C15H23FN2/c1-3-12(2)15-11-18(9-8-17-15)10-13-6-4-5-7-14(13)16/h4-7,12,15,17H,3,8-11H2,1-2H3. The van der Waals surface area contributed by atoms with Crippen molar-refractivity contribution in [3.63, 3.8) is 0 Å². The molecule has 2 atom stereocenters. The zero-order chi connectivity index (χ0) is 13.0. The molecule has 1 fully saturated rings. The van der Waals surface area contributed by atoms with E-state index in [2.05, 4.69) is 24.1 Å². The summed E-state index contributed by atoms with van der Waals surface area (Å²) in [7, 11) is 0. The van der Waals surface area contributed by atoms with Gasteiger partial charge < -0.3 is 5.32 Å². The largest absolute Gasteiger partial charge is 0.311 e. The first-order valence-corrected chi connectivity index (χ1v) is 6.90. The van der Waals surface area contributed by atoms with E-state index >= 15 is 0 Å². The summed E-state index contributed by atoms with van der Waals surface area (Å²) < 4.78 is 13.6. The highest BCUT2D eigenvalue weighted by molar-refractivity contribution is 5.17. The number of rotatable bonds is 4. The summed E-state index contributed by atoms with van der Waals surface area (Å²) in [5.41, 5.74) is 0.808. The predicted octanol–water partition coefficient (Wildman–Crippen LogP) is 2.65. The van der Waals surface area contributed by atoms with Gasteiger partial charge in [-0.1, -0.05) is 38.5 Å². The van der Waals surface area contributed by atoms with Crippen molar-refractivity contribution in [2.45, 2.75) is 32.9 Å². The van der Waals surface area contributed by atoms with E-state index in [4.69, 9.17) is 0 Å². The van der Waals surface area contributed by atoms with Crippen LogP contribution in [-0.4, -0.2) is 30.6 Å². The van der Waals surface area contributed by atoms with Gasteiger partial charge in [-0.2, -0.15) is 0 Å². The average molecular weight is 250 g/mol. The fourth-order valence-electron chi connectivity index (χ4n) is 2.52. The summed E-state index contributed by atoms with van der Waals surface area (Å²) >= 11 is 0. The third-order valence-electron chi connectivity index (χ3n) is 3.97. The lowest BCUT2D eigenvalue weighted by Gasteiger charge is -2.36. The molecule has 3 heteroatoms. The van der Waals surface area contributed by atoms with Crippen molar-refractivity contribution in [3.05, 3.63) is 35.6 Å². The van der Waals surface area contributed by atoms with Crippen molar-refractivity contribution in [2.24, 2.45) is 5.92 Å². The molecule has 2 nitrogen and oxygen atoms in total. The van der Waals surface area contributed by atoms with E-state index in [0.717, 1.165) is 31.7 Å². The molecule has 2 unspecified atom stereocenters. The van der Waals surface area contributed by atoms with Crippen molar-refractivity contribution in [3.8, 4) is 0 Å². The van der Waals surface area contributed by atoms with Crippen molar-refractivity contribution in [1.29, 1.82) is 0 Å². The summed E-state index contributed by atoms with van der Waals surface area (Å²) in [6.07, 6.45) is 1.19. The molecule has 1 aliphatic heterocycles. The molecule has 1 heterocycles. The minimum atomic E-state index is -0.0869. The lowest BCUT2D eigenvalue weighted by Crippen LogP contribution is -2.52. The summed E-state index contributed by atoms with van der Waals surface area (Å²) in [5.74, 6) is 0.588. The van der Waals surface area contributed by atoms with Crippen LogP contribution in [0.3, 0.4) is 0 Å². The van der Waals surface area contributed by atoms with Crippen LogP contribution in [0, 0.1) is 11.7 Å². The van der Waals surface area contributed by atoms with Gasteiger partial charge in [-0.05, 0) is 12.0 Å². The summed E-state index contributed by atoms with van der Waals surface area (Å²) in [5, 5.41) is 3.56. The molecule has 0 aromatic heterocycles. The lowest BCUT2D eigenvalue weighted by molar-refractivity contribution is 0.161. The van der Waals surface area contributed by atoms with Gasteiger partial charge in [0.05, 0.1) is 0 Å². The highest BCUT2D eigenvalue weighted by Crippen LogP contribution is 2.15. The molecule has 0 spiro atoms. The zero-order valence-corrected chi connectivity index (χ0v) is 11.3. The Labute approximate surface area is 109 Å². The second-order valence-electron chi connectivity index (χ2n) is 5.27. The number of nitrogens with one attached hydrogen (secondary N) is 1. The fraction of sp³-hybridized carbons (Fsp3) is 0.600. The van der Waals surface area contributed by atoms with Crippen molar-refractivity contribution in [1.82, 2.24) is 10.2 Å². The van der Waals surface area contributed by atoms with Crippen LogP contribution in [0.25, 0.3) is 0 Å². The van der Waals surface area contributed by atoms with Gasteiger partial charge in [0.2, 0.25) is 0 Å². The molecule has 1 aliphatic rings. The minimum Gasteiger partial charge on any atom is -0.311 e. The number of halogens is 1. The quantitative estimate of drug-likeness (QED) is 0.883. The number of nitrogens with zero attached hydrogens (tertiary/aromatic N) is 1. The number of benzene rings is 1. The third kappa shape index (κ3) is 3.30. The molecule has 0 aliphatic carbocycles. The van der Waals surface area contributed by atoms with Crippen LogP contribution >= 0.6 is 0 Å². The molecular formula is C15H23FN2. The Morgan fingerprint density at radius 3 is 2.94 bits per heavy atom. The maximum Gasteiger partial charge on any atom is 0.127 e. The van der Waals surface area contributed by atoms with Gasteiger partial charge in [0, 0.05) is 37.8 Å². The maximum absolute atomic E-state index is 13.6. The molecule has 1 aromatic rings. The van der Waals surface area contributed by atoms with Gasteiger partial charge in [0.25, 0.3) is 0 Å². The normalized spacial score (nSPS) is 22.9. The molecule has 100 valence electrons. The molecule has 0 saturated carbocycles. The fourth-order valence-corrected chi connectivity index (χ4v) is 2.52. The van der Waals surface area contributed by atoms with Crippen LogP contribution in [0.4, 0.5) is 4.39 Å². The second kappa shape index (κ2) is 6.30. The summed E-state index contributed by atoms with van der Waals surface area (Å²) in [6.45, 7) is 8.25. The molecule has 1 aromatic carbocycles. The second-order valence-corrected chi connectivity index (χ2v) is 5.27. The first kappa shape index (κ1) is 13.5. The minimum absolute atomic E-state index is 0.0869. The van der Waals surface area contributed by atoms with E-state index in [1.54, 1.807) is 12.1 Å². The van der Waals surface area contributed by atoms with E-state index in [-0.39, 0.29) is 5.82 Å². The molecule has 2 rings (SSSR count). The Hall–Kier alpha value is -0.930.